The summed E-state index contributed by atoms with van der Waals surface area (Å²) in [6, 6.07) is 15.4. The quantitative estimate of drug-likeness (QED) is 0.423. The molecule has 8 nitrogen and oxygen atoms in total. The van der Waals surface area contributed by atoms with Crippen molar-refractivity contribution >= 4 is 23.3 Å². The summed E-state index contributed by atoms with van der Waals surface area (Å²) in [6.07, 6.45) is 5.83. The SMILES string of the molecule is COc1cccc(C(=O)N2CC3CCC2CN3Cc2c(-c3ccc(Cl)cc3)nc3ncccn23)n1. The number of nitrogens with zero attached hydrogens (tertiary/aromatic N) is 6. The summed E-state index contributed by atoms with van der Waals surface area (Å²) in [5.41, 5.74) is 3.45. The lowest BCUT2D eigenvalue weighted by atomic mass is 9.90. The van der Waals surface area contributed by atoms with Crippen molar-refractivity contribution in [3.8, 4) is 17.1 Å². The van der Waals surface area contributed by atoms with E-state index in [2.05, 4.69) is 19.3 Å². The number of aromatic nitrogens is 4. The van der Waals surface area contributed by atoms with Crippen LogP contribution in [0.5, 0.6) is 5.88 Å². The van der Waals surface area contributed by atoms with Gasteiger partial charge in [-0.1, -0.05) is 29.8 Å². The second kappa shape index (κ2) is 8.94. The summed E-state index contributed by atoms with van der Waals surface area (Å²) in [6.45, 7) is 2.23. The molecule has 0 N–H and O–H groups in total. The van der Waals surface area contributed by atoms with E-state index in [1.807, 2.05) is 47.5 Å². The van der Waals surface area contributed by atoms with Gasteiger partial charge in [0.2, 0.25) is 11.7 Å². The summed E-state index contributed by atoms with van der Waals surface area (Å²) < 4.78 is 7.27. The monoisotopic (exact) mass is 488 g/mol. The largest absolute Gasteiger partial charge is 0.481 e. The lowest BCUT2D eigenvalue weighted by Crippen LogP contribution is -2.63. The first-order chi connectivity index (χ1) is 17.1. The minimum absolute atomic E-state index is 0.0286. The Bertz CT molecular complexity index is 1390. The van der Waals surface area contributed by atoms with E-state index in [0.29, 0.717) is 28.9 Å². The van der Waals surface area contributed by atoms with Crippen molar-refractivity contribution < 1.29 is 9.53 Å². The number of piperazine rings is 1. The van der Waals surface area contributed by atoms with Gasteiger partial charge in [-0.3, -0.25) is 14.1 Å². The van der Waals surface area contributed by atoms with Gasteiger partial charge in [0.15, 0.2) is 0 Å². The molecule has 0 spiro atoms. The highest BCUT2D eigenvalue weighted by atomic mass is 35.5. The number of piperidine rings is 2. The summed E-state index contributed by atoms with van der Waals surface area (Å²) in [4.78, 5) is 31.4. The average molecular weight is 489 g/mol. The van der Waals surface area contributed by atoms with Gasteiger partial charge in [0.25, 0.3) is 5.91 Å². The van der Waals surface area contributed by atoms with Crippen molar-refractivity contribution in [3.63, 3.8) is 0 Å². The first kappa shape index (κ1) is 22.0. The number of hydrogen-bond donors (Lipinski definition) is 0. The molecule has 3 fully saturated rings. The maximum Gasteiger partial charge on any atom is 0.272 e. The summed E-state index contributed by atoms with van der Waals surface area (Å²) in [5.74, 6) is 1.10. The van der Waals surface area contributed by atoms with Gasteiger partial charge in [-0.05, 0) is 37.1 Å². The number of amides is 1. The van der Waals surface area contributed by atoms with E-state index in [9.17, 15) is 4.79 Å². The molecule has 3 saturated heterocycles. The third-order valence-electron chi connectivity index (χ3n) is 7.03. The van der Waals surface area contributed by atoms with Crippen LogP contribution in [0.3, 0.4) is 0 Å². The fourth-order valence-corrected chi connectivity index (χ4v) is 5.40. The fourth-order valence-electron chi connectivity index (χ4n) is 5.27. The van der Waals surface area contributed by atoms with Crippen molar-refractivity contribution in [2.45, 2.75) is 31.5 Å². The molecule has 3 aliphatic rings. The molecule has 178 valence electrons. The Morgan fingerprint density at radius 3 is 2.66 bits per heavy atom. The maximum atomic E-state index is 13.3. The molecule has 1 aromatic carbocycles. The van der Waals surface area contributed by atoms with Crippen LogP contribution < -0.4 is 4.74 Å². The molecule has 1 amide bonds. The van der Waals surface area contributed by atoms with Crippen LogP contribution in [0, 0.1) is 0 Å². The highest BCUT2D eigenvalue weighted by molar-refractivity contribution is 6.30. The molecule has 0 saturated carbocycles. The number of ether oxygens (including phenoxy) is 1. The Morgan fingerprint density at radius 2 is 1.89 bits per heavy atom. The minimum atomic E-state index is -0.0286. The average Bonchev–Trinajstić information content (AvgIpc) is 3.27. The van der Waals surface area contributed by atoms with Crippen LogP contribution >= 0.6 is 11.6 Å². The molecule has 0 radical (unpaired) electrons. The number of rotatable bonds is 5. The molecule has 2 atom stereocenters. The van der Waals surface area contributed by atoms with Gasteiger partial charge in [-0.25, -0.2) is 15.0 Å². The third kappa shape index (κ3) is 4.02. The lowest BCUT2D eigenvalue weighted by molar-refractivity contribution is -0.0162. The zero-order valence-electron chi connectivity index (χ0n) is 19.3. The number of fused-ring (bicyclic) bond motifs is 4. The summed E-state index contributed by atoms with van der Waals surface area (Å²) >= 11 is 6.13. The number of carbonyl (C=O) groups excluding carboxylic acids is 1. The van der Waals surface area contributed by atoms with Crippen LogP contribution in [-0.4, -0.2) is 67.3 Å². The van der Waals surface area contributed by atoms with Crippen molar-refractivity contribution in [2.24, 2.45) is 0 Å². The highest BCUT2D eigenvalue weighted by Gasteiger charge is 2.42. The first-order valence-electron chi connectivity index (χ1n) is 11.7. The van der Waals surface area contributed by atoms with E-state index in [-0.39, 0.29) is 18.0 Å². The minimum Gasteiger partial charge on any atom is -0.481 e. The van der Waals surface area contributed by atoms with Crippen LogP contribution in [0.25, 0.3) is 17.0 Å². The molecule has 4 aromatic rings. The van der Waals surface area contributed by atoms with E-state index in [0.717, 1.165) is 42.9 Å². The molecule has 2 bridgehead atoms. The van der Waals surface area contributed by atoms with E-state index in [1.165, 1.54) is 0 Å². The van der Waals surface area contributed by atoms with Gasteiger partial charge in [0.1, 0.15) is 5.69 Å². The van der Waals surface area contributed by atoms with Gasteiger partial charge >= 0.3 is 0 Å². The zero-order valence-corrected chi connectivity index (χ0v) is 20.1. The Balaban J connectivity index is 1.27. The molecule has 2 unspecified atom stereocenters. The number of benzene rings is 1. The lowest BCUT2D eigenvalue weighted by Gasteiger charge is -2.51. The smallest absolute Gasteiger partial charge is 0.272 e. The zero-order chi connectivity index (χ0) is 23.9. The number of pyridine rings is 1. The molecule has 9 heteroatoms. The second-order valence-corrected chi connectivity index (χ2v) is 9.48. The molecule has 3 aliphatic heterocycles. The topological polar surface area (TPSA) is 75.9 Å². The van der Waals surface area contributed by atoms with E-state index in [4.69, 9.17) is 21.3 Å². The highest BCUT2D eigenvalue weighted by Crippen LogP contribution is 2.33. The van der Waals surface area contributed by atoms with Gasteiger partial charge in [0.05, 0.1) is 18.5 Å². The predicted octanol–water partition coefficient (Wildman–Crippen LogP) is 3.94. The Morgan fingerprint density at radius 1 is 1.06 bits per heavy atom. The third-order valence-corrected chi connectivity index (χ3v) is 7.28. The van der Waals surface area contributed by atoms with Crippen molar-refractivity contribution in [3.05, 3.63) is 77.3 Å². The normalized spacial score (nSPS) is 19.9. The Labute approximate surface area is 208 Å². The summed E-state index contributed by atoms with van der Waals surface area (Å²) in [7, 11) is 1.56. The van der Waals surface area contributed by atoms with Gasteiger partial charge < -0.3 is 9.64 Å². The van der Waals surface area contributed by atoms with Crippen LogP contribution in [0.1, 0.15) is 29.0 Å². The van der Waals surface area contributed by atoms with Crippen molar-refractivity contribution in [1.29, 1.82) is 0 Å². The number of methoxy groups -OCH3 is 1. The van der Waals surface area contributed by atoms with Crippen LogP contribution in [0.15, 0.2) is 60.9 Å². The number of hydrogen-bond acceptors (Lipinski definition) is 6. The van der Waals surface area contributed by atoms with Gasteiger partial charge in [0, 0.05) is 60.8 Å². The van der Waals surface area contributed by atoms with E-state index >= 15 is 0 Å². The Hall–Kier alpha value is -3.49. The fraction of sp³-hybridized carbons (Fsp3) is 0.308. The molecule has 7 rings (SSSR count). The summed E-state index contributed by atoms with van der Waals surface area (Å²) in [5, 5.41) is 0.695. The second-order valence-electron chi connectivity index (χ2n) is 9.04. The molecule has 0 aliphatic carbocycles. The van der Waals surface area contributed by atoms with Crippen LogP contribution in [0.4, 0.5) is 0 Å². The molecule has 35 heavy (non-hydrogen) atoms. The molecular weight excluding hydrogens is 464 g/mol. The van der Waals surface area contributed by atoms with E-state index < -0.39 is 0 Å². The molecule has 3 aromatic heterocycles. The van der Waals surface area contributed by atoms with Gasteiger partial charge in [-0.15, -0.1) is 0 Å². The number of carbonyl (C=O) groups is 1. The standard InChI is InChI=1S/C26H25ClN6O2/c1-35-23-5-2-4-21(29-23)25(34)33-15-19-10-11-20(33)14-31(19)16-22-24(17-6-8-18(27)9-7-17)30-26-28-12-3-13-32(22)26/h2-9,12-13,19-20H,10-11,14-16H2,1H3. The van der Waals surface area contributed by atoms with Crippen LogP contribution in [-0.2, 0) is 6.54 Å². The van der Waals surface area contributed by atoms with Crippen LogP contribution in [0.2, 0.25) is 5.02 Å². The number of halogens is 1. The Kier molecular flexibility index (Phi) is 5.62. The number of imidazole rings is 1. The van der Waals surface area contributed by atoms with E-state index in [1.54, 1.807) is 25.4 Å². The first-order valence-corrected chi connectivity index (χ1v) is 12.1. The maximum absolute atomic E-state index is 13.3. The van der Waals surface area contributed by atoms with Crippen molar-refractivity contribution in [1.82, 2.24) is 29.2 Å². The molecular formula is C26H25ClN6O2. The molecule has 6 heterocycles. The van der Waals surface area contributed by atoms with Crippen molar-refractivity contribution in [2.75, 3.05) is 20.2 Å². The predicted molar refractivity (Wildman–Crippen MR) is 132 cm³/mol. The van der Waals surface area contributed by atoms with Gasteiger partial charge in [-0.2, -0.15) is 0 Å².